The fourth-order valence-electron chi connectivity index (χ4n) is 3.02. The highest BCUT2D eigenvalue weighted by molar-refractivity contribution is 5.71. The van der Waals surface area contributed by atoms with E-state index in [1.807, 2.05) is 0 Å². The maximum absolute atomic E-state index is 10.7. The van der Waals surface area contributed by atoms with Crippen LogP contribution in [-0.4, -0.2) is 23.3 Å². The van der Waals surface area contributed by atoms with Gasteiger partial charge in [-0.2, -0.15) is 0 Å². The van der Waals surface area contributed by atoms with Gasteiger partial charge >= 0.3 is 5.97 Å². The van der Waals surface area contributed by atoms with Crippen LogP contribution in [-0.2, 0) is 9.53 Å². The van der Waals surface area contributed by atoms with Gasteiger partial charge in [-0.1, -0.05) is 19.3 Å². The van der Waals surface area contributed by atoms with Crippen LogP contribution >= 0.6 is 0 Å². The molecule has 0 radical (unpaired) electrons. The highest BCUT2D eigenvalue weighted by atomic mass is 16.5. The molecule has 3 heteroatoms. The molecular weight excluding hydrogens is 192 g/mol. The Morgan fingerprint density at radius 1 is 1.33 bits per heavy atom. The Hall–Kier alpha value is -0.570. The first-order chi connectivity index (χ1) is 7.14. The van der Waals surface area contributed by atoms with Gasteiger partial charge < -0.3 is 9.84 Å². The smallest absolute Gasteiger partial charge is 0.332 e. The molecule has 0 aromatic carbocycles. The summed E-state index contributed by atoms with van der Waals surface area (Å²) in [4.78, 5) is 10.7. The summed E-state index contributed by atoms with van der Waals surface area (Å²) in [5.41, 5.74) is 0.349. The summed E-state index contributed by atoms with van der Waals surface area (Å²) in [5.74, 6) is -0.840. The molecule has 2 atom stereocenters. The highest BCUT2D eigenvalue weighted by Gasteiger charge is 2.48. The van der Waals surface area contributed by atoms with E-state index in [-0.39, 0.29) is 6.10 Å². The summed E-state index contributed by atoms with van der Waals surface area (Å²) in [6, 6.07) is 0. The Labute approximate surface area is 90.8 Å². The molecule has 2 rings (SSSR count). The molecule has 0 saturated heterocycles. The average molecular weight is 212 g/mol. The normalized spacial score (nSPS) is 30.9. The van der Waals surface area contributed by atoms with Crippen LogP contribution in [0.5, 0.6) is 0 Å². The number of hydrogen-bond donors (Lipinski definition) is 1. The first-order valence-corrected chi connectivity index (χ1v) is 6.02. The maximum atomic E-state index is 10.7. The van der Waals surface area contributed by atoms with E-state index < -0.39 is 12.1 Å². The van der Waals surface area contributed by atoms with Crippen molar-refractivity contribution in [2.24, 2.45) is 5.41 Å². The lowest BCUT2D eigenvalue weighted by atomic mass is 9.58. The molecule has 1 spiro atoms. The molecule has 2 aliphatic carbocycles. The van der Waals surface area contributed by atoms with Gasteiger partial charge in [-0.25, -0.2) is 4.79 Å². The lowest BCUT2D eigenvalue weighted by molar-refractivity contribution is -0.178. The van der Waals surface area contributed by atoms with Crippen LogP contribution in [0.1, 0.15) is 51.9 Å². The molecule has 86 valence electrons. The van der Waals surface area contributed by atoms with Crippen molar-refractivity contribution in [1.82, 2.24) is 0 Å². The zero-order valence-electron chi connectivity index (χ0n) is 9.37. The summed E-state index contributed by atoms with van der Waals surface area (Å²) >= 11 is 0. The quantitative estimate of drug-likeness (QED) is 0.782. The molecule has 0 bridgehead atoms. The number of carboxylic acid groups (broad SMARTS) is 1. The predicted octanol–water partition coefficient (Wildman–Crippen LogP) is 2.59. The van der Waals surface area contributed by atoms with Crippen LogP contribution in [0, 0.1) is 5.41 Å². The van der Waals surface area contributed by atoms with Crippen molar-refractivity contribution in [2.45, 2.75) is 64.1 Å². The summed E-state index contributed by atoms with van der Waals surface area (Å²) in [5, 5.41) is 8.81. The van der Waals surface area contributed by atoms with E-state index in [4.69, 9.17) is 9.84 Å². The van der Waals surface area contributed by atoms with E-state index in [1.54, 1.807) is 6.92 Å². The van der Waals surface area contributed by atoms with Crippen molar-refractivity contribution in [1.29, 1.82) is 0 Å². The predicted molar refractivity (Wildman–Crippen MR) is 56.7 cm³/mol. The number of carbonyl (C=O) groups is 1. The molecule has 1 unspecified atom stereocenters. The Balaban J connectivity index is 1.90. The van der Waals surface area contributed by atoms with Crippen LogP contribution in [0.4, 0.5) is 0 Å². The van der Waals surface area contributed by atoms with Crippen LogP contribution in [0.2, 0.25) is 0 Å². The summed E-state index contributed by atoms with van der Waals surface area (Å²) in [6.45, 7) is 1.64. The second-order valence-corrected chi connectivity index (χ2v) is 5.07. The number of carboxylic acids is 1. The molecule has 0 aromatic heterocycles. The number of hydrogen-bond acceptors (Lipinski definition) is 2. The van der Waals surface area contributed by atoms with Gasteiger partial charge in [0.15, 0.2) is 6.10 Å². The molecule has 0 heterocycles. The van der Waals surface area contributed by atoms with E-state index in [0.717, 1.165) is 6.42 Å². The van der Waals surface area contributed by atoms with Crippen molar-refractivity contribution in [3.05, 3.63) is 0 Å². The third kappa shape index (κ3) is 2.03. The van der Waals surface area contributed by atoms with Crippen LogP contribution in [0.3, 0.4) is 0 Å². The Morgan fingerprint density at radius 2 is 2.00 bits per heavy atom. The molecule has 0 aromatic rings. The second kappa shape index (κ2) is 4.12. The summed E-state index contributed by atoms with van der Waals surface area (Å²) in [7, 11) is 0. The summed E-state index contributed by atoms with van der Waals surface area (Å²) < 4.78 is 5.64. The van der Waals surface area contributed by atoms with E-state index in [0.29, 0.717) is 5.41 Å². The van der Waals surface area contributed by atoms with Crippen molar-refractivity contribution in [3.8, 4) is 0 Å². The summed E-state index contributed by atoms with van der Waals surface area (Å²) in [6.07, 6.45) is 8.26. The molecule has 2 aliphatic rings. The zero-order valence-corrected chi connectivity index (χ0v) is 9.37. The molecular formula is C12H20O3. The average Bonchev–Trinajstić information content (AvgIpc) is 2.25. The first-order valence-electron chi connectivity index (χ1n) is 6.02. The van der Waals surface area contributed by atoms with E-state index in [9.17, 15) is 4.79 Å². The highest BCUT2D eigenvalue weighted by Crippen LogP contribution is 2.53. The van der Waals surface area contributed by atoms with Gasteiger partial charge in [0, 0.05) is 0 Å². The van der Waals surface area contributed by atoms with Gasteiger partial charge in [-0.15, -0.1) is 0 Å². The Kier molecular flexibility index (Phi) is 3.01. The number of ether oxygens (including phenoxy) is 1. The van der Waals surface area contributed by atoms with Gasteiger partial charge in [-0.05, 0) is 38.0 Å². The topological polar surface area (TPSA) is 46.5 Å². The van der Waals surface area contributed by atoms with Gasteiger partial charge in [0.05, 0.1) is 6.10 Å². The fraction of sp³-hybridized carbons (Fsp3) is 0.917. The minimum atomic E-state index is -0.840. The fourth-order valence-corrected chi connectivity index (χ4v) is 3.02. The van der Waals surface area contributed by atoms with Crippen LogP contribution < -0.4 is 0 Å². The molecule has 1 N–H and O–H groups in total. The molecule has 3 nitrogen and oxygen atoms in total. The lowest BCUT2D eigenvalue weighted by Crippen LogP contribution is -2.49. The molecule has 2 saturated carbocycles. The zero-order chi connectivity index (χ0) is 10.9. The van der Waals surface area contributed by atoms with Crippen LogP contribution in [0.15, 0.2) is 0 Å². The third-order valence-electron chi connectivity index (χ3n) is 4.15. The van der Waals surface area contributed by atoms with Gasteiger partial charge in [0.1, 0.15) is 0 Å². The van der Waals surface area contributed by atoms with E-state index in [2.05, 4.69) is 0 Å². The first kappa shape index (κ1) is 10.9. The Morgan fingerprint density at radius 3 is 2.47 bits per heavy atom. The monoisotopic (exact) mass is 212 g/mol. The van der Waals surface area contributed by atoms with Crippen molar-refractivity contribution >= 4 is 5.97 Å². The molecule has 0 amide bonds. The van der Waals surface area contributed by atoms with Crippen molar-refractivity contribution in [3.63, 3.8) is 0 Å². The van der Waals surface area contributed by atoms with Crippen LogP contribution in [0.25, 0.3) is 0 Å². The molecule has 15 heavy (non-hydrogen) atoms. The minimum absolute atomic E-state index is 0.212. The van der Waals surface area contributed by atoms with Gasteiger partial charge in [-0.3, -0.25) is 0 Å². The maximum Gasteiger partial charge on any atom is 0.332 e. The lowest BCUT2D eigenvalue weighted by Gasteiger charge is -2.52. The third-order valence-corrected chi connectivity index (χ3v) is 4.15. The van der Waals surface area contributed by atoms with Crippen molar-refractivity contribution in [2.75, 3.05) is 0 Å². The standard InChI is InChI=1S/C12H20O3/c1-9(11(13)14)15-10-5-8-12(10)6-3-2-4-7-12/h9-10H,2-8H2,1H3,(H,13,14)/t9-,10?/m1/s1. The van der Waals surface area contributed by atoms with E-state index in [1.165, 1.54) is 38.5 Å². The SMILES string of the molecule is C[C@@H](OC1CCC12CCCCC2)C(=O)O. The molecule has 0 aliphatic heterocycles. The minimum Gasteiger partial charge on any atom is -0.479 e. The number of aliphatic carboxylic acids is 1. The van der Waals surface area contributed by atoms with Crippen molar-refractivity contribution < 1.29 is 14.6 Å². The second-order valence-electron chi connectivity index (χ2n) is 5.07. The van der Waals surface area contributed by atoms with Gasteiger partial charge in [0.25, 0.3) is 0 Å². The van der Waals surface area contributed by atoms with E-state index >= 15 is 0 Å². The number of rotatable bonds is 3. The molecule has 2 fully saturated rings. The Bertz CT molecular complexity index is 243. The van der Waals surface area contributed by atoms with Gasteiger partial charge in [0.2, 0.25) is 0 Å². The largest absolute Gasteiger partial charge is 0.479 e.